The Morgan fingerprint density at radius 2 is 1.46 bits per heavy atom. The van der Waals surface area contributed by atoms with Crippen LogP contribution in [-0.2, 0) is 32.6 Å². The molecular weight excluding hydrogens is 578 g/mol. The molecule has 3 aromatic carbocycles. The Morgan fingerprint density at radius 1 is 0.872 bits per heavy atom. The second-order valence-corrected chi connectivity index (χ2v) is 12.6. The molecule has 39 heavy (non-hydrogen) atoms. The van der Waals surface area contributed by atoms with Crippen molar-refractivity contribution in [2.24, 2.45) is 0 Å². The smallest absolute Gasteiger partial charge is 0.243 e. The number of carbonyl (C=O) groups excluding carboxylic acids is 2. The number of hydrogen-bond donors (Lipinski definition) is 1. The second kappa shape index (κ2) is 14.3. The first kappa shape index (κ1) is 30.4. The number of nitrogens with one attached hydrogen (secondary N) is 1. The summed E-state index contributed by atoms with van der Waals surface area (Å²) in [4.78, 5) is 28.8. The average molecular weight is 615 g/mol. The Hall–Kier alpha value is -3.17. The molecule has 0 spiro atoms. The lowest BCUT2D eigenvalue weighted by Crippen LogP contribution is -2.51. The van der Waals surface area contributed by atoms with Crippen LogP contribution >= 0.6 is 15.9 Å². The van der Waals surface area contributed by atoms with Crippen LogP contribution in [0.3, 0.4) is 0 Å². The van der Waals surface area contributed by atoms with Crippen molar-refractivity contribution >= 4 is 43.5 Å². The van der Waals surface area contributed by atoms with Gasteiger partial charge in [-0.05, 0) is 55.7 Å². The van der Waals surface area contributed by atoms with E-state index in [-0.39, 0.29) is 37.4 Å². The molecule has 0 saturated carbocycles. The number of benzene rings is 3. The highest BCUT2D eigenvalue weighted by Gasteiger charge is 2.31. The quantitative estimate of drug-likeness (QED) is 0.288. The monoisotopic (exact) mass is 613 g/mol. The molecule has 0 saturated heterocycles. The Balaban J connectivity index is 1.87. The highest BCUT2D eigenvalue weighted by Crippen LogP contribution is 2.20. The van der Waals surface area contributed by atoms with Gasteiger partial charge in [0.15, 0.2) is 0 Å². The summed E-state index contributed by atoms with van der Waals surface area (Å²) in [6.07, 6.45) is 1.92. The van der Waals surface area contributed by atoms with E-state index in [0.29, 0.717) is 18.5 Å². The Labute approximate surface area is 240 Å². The van der Waals surface area contributed by atoms with E-state index >= 15 is 0 Å². The molecule has 3 rings (SSSR count). The molecule has 1 unspecified atom stereocenters. The van der Waals surface area contributed by atoms with E-state index in [9.17, 15) is 18.0 Å². The van der Waals surface area contributed by atoms with Crippen LogP contribution in [0.25, 0.3) is 0 Å². The van der Waals surface area contributed by atoms with Gasteiger partial charge in [-0.15, -0.1) is 0 Å². The fourth-order valence-corrected chi connectivity index (χ4v) is 5.55. The van der Waals surface area contributed by atoms with E-state index in [1.165, 1.54) is 4.31 Å². The third-order valence-electron chi connectivity index (χ3n) is 6.16. The van der Waals surface area contributed by atoms with Gasteiger partial charge in [-0.3, -0.25) is 13.9 Å². The van der Waals surface area contributed by atoms with E-state index in [4.69, 9.17) is 0 Å². The molecule has 208 valence electrons. The Kier molecular flexibility index (Phi) is 11.1. The second-order valence-electron chi connectivity index (χ2n) is 9.79. The van der Waals surface area contributed by atoms with Gasteiger partial charge in [0.05, 0.1) is 11.9 Å². The zero-order chi connectivity index (χ0) is 28.4. The molecule has 1 N–H and O–H groups in total. The minimum Gasteiger partial charge on any atom is -0.352 e. The van der Waals surface area contributed by atoms with Crippen molar-refractivity contribution in [1.29, 1.82) is 0 Å². The zero-order valence-electron chi connectivity index (χ0n) is 22.6. The summed E-state index contributed by atoms with van der Waals surface area (Å²) in [6, 6.07) is 25.3. The highest BCUT2D eigenvalue weighted by atomic mass is 79.9. The van der Waals surface area contributed by atoms with Crippen LogP contribution in [-0.4, -0.2) is 50.0 Å². The summed E-state index contributed by atoms with van der Waals surface area (Å²) in [5.74, 6) is -0.430. The summed E-state index contributed by atoms with van der Waals surface area (Å²) in [6.45, 7) is 4.19. The molecular formula is C30H36BrN3O4S. The predicted molar refractivity (Wildman–Crippen MR) is 160 cm³/mol. The average Bonchev–Trinajstić information content (AvgIpc) is 2.89. The molecule has 0 radical (unpaired) electrons. The number of rotatable bonds is 13. The molecule has 0 aliphatic carbocycles. The molecule has 0 heterocycles. The molecule has 0 aliphatic rings. The van der Waals surface area contributed by atoms with Gasteiger partial charge in [-0.1, -0.05) is 76.6 Å². The summed E-state index contributed by atoms with van der Waals surface area (Å²) >= 11 is 3.45. The van der Waals surface area contributed by atoms with E-state index in [2.05, 4.69) is 21.2 Å². The normalized spacial score (nSPS) is 12.1. The van der Waals surface area contributed by atoms with Crippen molar-refractivity contribution in [3.8, 4) is 0 Å². The van der Waals surface area contributed by atoms with Crippen molar-refractivity contribution in [2.45, 2.75) is 51.7 Å². The van der Waals surface area contributed by atoms with Gasteiger partial charge in [0.25, 0.3) is 0 Å². The lowest BCUT2D eigenvalue weighted by molar-refractivity contribution is -0.141. The summed E-state index contributed by atoms with van der Waals surface area (Å²) in [5, 5.41) is 2.98. The third kappa shape index (κ3) is 9.51. The SMILES string of the molecule is CC(C)NC(=O)C(Cc1ccccc1)N(Cc1ccc(Br)cc1)C(=O)CCCN(c1ccccc1)S(C)(=O)=O. The van der Waals surface area contributed by atoms with E-state index in [1.807, 2.05) is 74.5 Å². The van der Waals surface area contributed by atoms with Crippen molar-refractivity contribution in [2.75, 3.05) is 17.1 Å². The Bertz CT molecular complexity index is 1320. The van der Waals surface area contributed by atoms with Crippen LogP contribution in [0, 0.1) is 0 Å². The number of hydrogen-bond acceptors (Lipinski definition) is 4. The highest BCUT2D eigenvalue weighted by molar-refractivity contribution is 9.10. The molecule has 7 nitrogen and oxygen atoms in total. The summed E-state index contributed by atoms with van der Waals surface area (Å²) in [5.41, 5.74) is 2.39. The molecule has 0 bridgehead atoms. The molecule has 9 heteroatoms. The van der Waals surface area contributed by atoms with Gasteiger partial charge in [0.2, 0.25) is 21.8 Å². The van der Waals surface area contributed by atoms with Crippen molar-refractivity contribution < 1.29 is 18.0 Å². The maximum atomic E-state index is 13.8. The fraction of sp³-hybridized carbons (Fsp3) is 0.333. The van der Waals surface area contributed by atoms with Crippen LogP contribution in [0.4, 0.5) is 5.69 Å². The molecule has 0 aliphatic heterocycles. The minimum absolute atomic E-state index is 0.0883. The number of halogens is 1. The van der Waals surface area contributed by atoms with Crippen LogP contribution in [0.15, 0.2) is 89.4 Å². The van der Waals surface area contributed by atoms with Crippen LogP contribution < -0.4 is 9.62 Å². The van der Waals surface area contributed by atoms with Crippen molar-refractivity contribution in [3.05, 3.63) is 101 Å². The van der Waals surface area contributed by atoms with Crippen LogP contribution in [0.2, 0.25) is 0 Å². The number of para-hydroxylation sites is 1. The van der Waals surface area contributed by atoms with Crippen LogP contribution in [0.1, 0.15) is 37.8 Å². The standard InChI is InChI=1S/C30H36BrN3O4S/c1-23(2)32-30(36)28(21-24-11-6-4-7-12-24)33(22-25-16-18-26(31)19-17-25)29(35)15-10-20-34(39(3,37)38)27-13-8-5-9-14-27/h4-9,11-14,16-19,23,28H,10,15,20-22H2,1-3H3,(H,32,36). The fourth-order valence-electron chi connectivity index (χ4n) is 4.32. The van der Waals surface area contributed by atoms with Gasteiger partial charge in [-0.25, -0.2) is 8.42 Å². The van der Waals surface area contributed by atoms with E-state index in [1.54, 1.807) is 29.2 Å². The number of nitrogens with zero attached hydrogens (tertiary/aromatic N) is 2. The van der Waals surface area contributed by atoms with Gasteiger partial charge in [0, 0.05) is 36.4 Å². The molecule has 3 aromatic rings. The maximum absolute atomic E-state index is 13.8. The van der Waals surface area contributed by atoms with E-state index < -0.39 is 16.1 Å². The number of sulfonamides is 1. The molecule has 1 atom stereocenters. The van der Waals surface area contributed by atoms with Gasteiger partial charge < -0.3 is 10.2 Å². The number of amides is 2. The lowest BCUT2D eigenvalue weighted by atomic mass is 10.0. The van der Waals surface area contributed by atoms with Crippen LogP contribution in [0.5, 0.6) is 0 Å². The summed E-state index contributed by atoms with van der Waals surface area (Å²) in [7, 11) is -3.53. The molecule has 0 fully saturated rings. The topological polar surface area (TPSA) is 86.8 Å². The first-order valence-electron chi connectivity index (χ1n) is 13.0. The minimum atomic E-state index is -3.53. The number of carbonyl (C=O) groups is 2. The molecule has 0 aromatic heterocycles. The number of anilines is 1. The van der Waals surface area contributed by atoms with Crippen molar-refractivity contribution in [1.82, 2.24) is 10.2 Å². The molecule has 2 amide bonds. The maximum Gasteiger partial charge on any atom is 0.243 e. The largest absolute Gasteiger partial charge is 0.352 e. The zero-order valence-corrected chi connectivity index (χ0v) is 25.0. The van der Waals surface area contributed by atoms with Crippen molar-refractivity contribution in [3.63, 3.8) is 0 Å². The predicted octanol–water partition coefficient (Wildman–Crippen LogP) is 5.16. The lowest BCUT2D eigenvalue weighted by Gasteiger charge is -2.32. The first-order valence-corrected chi connectivity index (χ1v) is 15.6. The third-order valence-corrected chi connectivity index (χ3v) is 7.89. The first-order chi connectivity index (χ1) is 18.5. The van der Waals surface area contributed by atoms with Gasteiger partial charge in [0.1, 0.15) is 6.04 Å². The Morgan fingerprint density at radius 3 is 2.03 bits per heavy atom. The van der Waals surface area contributed by atoms with Gasteiger partial charge >= 0.3 is 0 Å². The van der Waals surface area contributed by atoms with E-state index in [0.717, 1.165) is 21.9 Å². The summed E-state index contributed by atoms with van der Waals surface area (Å²) < 4.78 is 27.2. The van der Waals surface area contributed by atoms with Gasteiger partial charge in [-0.2, -0.15) is 0 Å².